The van der Waals surface area contributed by atoms with Crippen LogP contribution in [0.2, 0.25) is 0 Å². The Labute approximate surface area is 176 Å². The number of carbonyl (C=O) groups excluding carboxylic acids is 2. The van der Waals surface area contributed by atoms with Crippen molar-refractivity contribution in [2.45, 2.75) is 18.9 Å². The van der Waals surface area contributed by atoms with Crippen LogP contribution >= 0.6 is 11.3 Å². The van der Waals surface area contributed by atoms with Gasteiger partial charge in [0.05, 0.1) is 6.04 Å². The zero-order chi connectivity index (χ0) is 20.9. The van der Waals surface area contributed by atoms with Crippen LogP contribution in [0, 0.1) is 5.82 Å². The largest absolute Gasteiger partial charge is 0.484 e. The van der Waals surface area contributed by atoms with Crippen LogP contribution in [0.3, 0.4) is 0 Å². The fraction of sp³-hybridized carbons (Fsp3) is 0.238. The molecule has 1 saturated heterocycles. The van der Waals surface area contributed by atoms with E-state index in [9.17, 15) is 14.0 Å². The van der Waals surface area contributed by atoms with Crippen LogP contribution in [0.5, 0.6) is 5.75 Å². The lowest BCUT2D eigenvalue weighted by molar-refractivity contribution is -0.134. The maximum Gasteiger partial charge on any atom is 0.286 e. The lowest BCUT2D eigenvalue weighted by Gasteiger charge is -2.22. The average molecular weight is 426 g/mol. The summed E-state index contributed by atoms with van der Waals surface area (Å²) in [7, 11) is 0. The zero-order valence-electron chi connectivity index (χ0n) is 16.0. The molecule has 0 aliphatic carbocycles. The van der Waals surface area contributed by atoms with Crippen molar-refractivity contribution in [3.63, 3.8) is 0 Å². The summed E-state index contributed by atoms with van der Waals surface area (Å²) in [6, 6.07) is 14.4. The number of aromatic nitrogens is 2. The van der Waals surface area contributed by atoms with Crippen LogP contribution in [-0.4, -0.2) is 40.1 Å². The first-order chi connectivity index (χ1) is 14.6. The van der Waals surface area contributed by atoms with Crippen LogP contribution in [0.1, 0.15) is 33.7 Å². The summed E-state index contributed by atoms with van der Waals surface area (Å²) >= 11 is 1.15. The molecule has 4 rings (SSSR count). The Morgan fingerprint density at radius 2 is 1.90 bits per heavy atom. The molecule has 3 aromatic rings. The molecular formula is C21H19FN4O3S. The Morgan fingerprint density at radius 3 is 2.67 bits per heavy atom. The predicted molar refractivity (Wildman–Crippen MR) is 110 cm³/mol. The molecule has 0 spiro atoms. The fourth-order valence-corrected chi connectivity index (χ4v) is 4.13. The molecule has 1 aromatic heterocycles. The van der Waals surface area contributed by atoms with Crippen molar-refractivity contribution in [2.75, 3.05) is 18.5 Å². The summed E-state index contributed by atoms with van der Waals surface area (Å²) in [5.74, 6) is -0.298. The topological polar surface area (TPSA) is 84.4 Å². The minimum Gasteiger partial charge on any atom is -0.484 e. The highest BCUT2D eigenvalue weighted by molar-refractivity contribution is 7.13. The van der Waals surface area contributed by atoms with E-state index in [1.807, 2.05) is 18.2 Å². The fourth-order valence-electron chi connectivity index (χ4n) is 3.25. The summed E-state index contributed by atoms with van der Waals surface area (Å²) in [6.07, 6.45) is 1.60. The molecule has 1 fully saturated rings. The number of benzene rings is 2. The maximum absolute atomic E-state index is 13.0. The number of carbonyl (C=O) groups is 2. The molecule has 30 heavy (non-hydrogen) atoms. The van der Waals surface area contributed by atoms with Crippen LogP contribution < -0.4 is 10.1 Å². The van der Waals surface area contributed by atoms with E-state index in [0.29, 0.717) is 23.0 Å². The van der Waals surface area contributed by atoms with E-state index in [2.05, 4.69) is 15.5 Å². The number of likely N-dealkylation sites (tertiary alicyclic amines) is 1. The third-order valence-corrected chi connectivity index (χ3v) is 5.72. The molecule has 2 heterocycles. The number of hydrogen-bond donors (Lipinski definition) is 1. The number of halogens is 1. The minimum absolute atomic E-state index is 0.0583. The minimum atomic E-state index is -0.423. The second-order valence-corrected chi connectivity index (χ2v) is 7.76. The Balaban J connectivity index is 1.39. The van der Waals surface area contributed by atoms with E-state index >= 15 is 0 Å². The lowest BCUT2D eigenvalue weighted by Crippen LogP contribution is -2.34. The van der Waals surface area contributed by atoms with E-state index in [0.717, 1.165) is 24.2 Å². The summed E-state index contributed by atoms with van der Waals surface area (Å²) < 4.78 is 18.6. The van der Waals surface area contributed by atoms with Crippen molar-refractivity contribution in [3.05, 3.63) is 70.4 Å². The Morgan fingerprint density at radius 1 is 1.13 bits per heavy atom. The summed E-state index contributed by atoms with van der Waals surface area (Å²) in [6.45, 7) is 0.551. The van der Waals surface area contributed by atoms with Gasteiger partial charge < -0.3 is 15.0 Å². The van der Waals surface area contributed by atoms with Crippen molar-refractivity contribution in [1.82, 2.24) is 15.1 Å². The van der Waals surface area contributed by atoms with Gasteiger partial charge in [-0.2, -0.15) is 0 Å². The van der Waals surface area contributed by atoms with Crippen molar-refractivity contribution < 1.29 is 18.7 Å². The second kappa shape index (κ2) is 9.00. The van der Waals surface area contributed by atoms with Gasteiger partial charge in [0.15, 0.2) is 6.61 Å². The third-order valence-electron chi connectivity index (χ3n) is 4.70. The molecule has 0 bridgehead atoms. The normalized spacial score (nSPS) is 15.8. The molecule has 0 saturated carbocycles. The molecule has 1 atom stereocenters. The third kappa shape index (κ3) is 4.62. The average Bonchev–Trinajstić information content (AvgIpc) is 3.44. The summed E-state index contributed by atoms with van der Waals surface area (Å²) in [5.41, 5.74) is 0.467. The van der Waals surface area contributed by atoms with Crippen LogP contribution in [0.25, 0.3) is 0 Å². The number of rotatable bonds is 6. The smallest absolute Gasteiger partial charge is 0.286 e. The molecule has 154 valence electrons. The van der Waals surface area contributed by atoms with Gasteiger partial charge >= 0.3 is 0 Å². The van der Waals surface area contributed by atoms with Crippen LogP contribution in [-0.2, 0) is 4.79 Å². The molecule has 1 aliphatic heterocycles. The second-order valence-electron chi connectivity index (χ2n) is 6.75. The lowest BCUT2D eigenvalue weighted by atomic mass is 10.2. The first-order valence-corrected chi connectivity index (χ1v) is 10.3. The van der Waals surface area contributed by atoms with Gasteiger partial charge in [-0.15, -0.1) is 10.2 Å². The van der Waals surface area contributed by atoms with Gasteiger partial charge in [0.25, 0.3) is 11.8 Å². The molecular weight excluding hydrogens is 407 g/mol. The molecule has 2 aromatic carbocycles. The van der Waals surface area contributed by atoms with Crippen molar-refractivity contribution in [1.29, 1.82) is 0 Å². The highest BCUT2D eigenvalue weighted by Crippen LogP contribution is 2.33. The van der Waals surface area contributed by atoms with E-state index in [-0.39, 0.29) is 29.4 Å². The Hall–Kier alpha value is -3.33. The molecule has 1 N–H and O–H groups in total. The zero-order valence-corrected chi connectivity index (χ0v) is 16.8. The van der Waals surface area contributed by atoms with E-state index < -0.39 is 5.91 Å². The molecule has 9 heteroatoms. The van der Waals surface area contributed by atoms with Gasteiger partial charge in [0.1, 0.15) is 16.6 Å². The molecule has 2 amide bonds. The van der Waals surface area contributed by atoms with E-state index in [4.69, 9.17) is 4.74 Å². The molecule has 7 nitrogen and oxygen atoms in total. The first kappa shape index (κ1) is 20.0. The molecule has 0 radical (unpaired) electrons. The van der Waals surface area contributed by atoms with Gasteiger partial charge in [0.2, 0.25) is 5.01 Å². The SMILES string of the molecule is O=C(Nc1ccc(F)cc1)c1nnc([C@@H]2CCCN2C(=O)COc2ccccc2)s1. The molecule has 1 aliphatic rings. The number of hydrogen-bond acceptors (Lipinski definition) is 6. The number of amides is 2. The van der Waals surface area contributed by atoms with Crippen LogP contribution in [0.4, 0.5) is 10.1 Å². The Bertz CT molecular complexity index is 1030. The quantitative estimate of drug-likeness (QED) is 0.650. The van der Waals surface area contributed by atoms with Gasteiger partial charge in [-0.25, -0.2) is 4.39 Å². The molecule has 0 unspecified atom stereocenters. The van der Waals surface area contributed by atoms with Gasteiger partial charge in [-0.1, -0.05) is 29.5 Å². The first-order valence-electron chi connectivity index (χ1n) is 9.48. The van der Waals surface area contributed by atoms with Crippen LogP contribution in [0.15, 0.2) is 54.6 Å². The Kier molecular flexibility index (Phi) is 5.99. The van der Waals surface area contributed by atoms with Gasteiger partial charge in [-0.3, -0.25) is 9.59 Å². The van der Waals surface area contributed by atoms with Gasteiger partial charge in [-0.05, 0) is 49.2 Å². The number of nitrogens with one attached hydrogen (secondary N) is 1. The number of para-hydroxylation sites is 1. The summed E-state index contributed by atoms with van der Waals surface area (Å²) in [4.78, 5) is 26.8. The number of nitrogens with zero attached hydrogens (tertiary/aromatic N) is 3. The maximum atomic E-state index is 13.0. The van der Waals surface area contributed by atoms with Crippen molar-refractivity contribution in [2.24, 2.45) is 0 Å². The monoisotopic (exact) mass is 426 g/mol. The standard InChI is InChI=1S/C21H19FN4O3S/c22-14-8-10-15(11-9-14)23-19(28)21-25-24-20(30-21)17-7-4-12-26(17)18(27)13-29-16-5-2-1-3-6-16/h1-3,5-6,8-11,17H,4,7,12-13H2,(H,23,28)/t17-/m0/s1. The van der Waals surface area contributed by atoms with E-state index in [1.165, 1.54) is 24.3 Å². The predicted octanol–water partition coefficient (Wildman–Crippen LogP) is 3.67. The number of anilines is 1. The highest BCUT2D eigenvalue weighted by Gasteiger charge is 2.33. The van der Waals surface area contributed by atoms with E-state index in [1.54, 1.807) is 17.0 Å². The van der Waals surface area contributed by atoms with Crippen molar-refractivity contribution >= 4 is 28.8 Å². The van der Waals surface area contributed by atoms with Gasteiger partial charge in [0, 0.05) is 12.2 Å². The highest BCUT2D eigenvalue weighted by atomic mass is 32.1. The number of ether oxygens (including phenoxy) is 1. The summed E-state index contributed by atoms with van der Waals surface area (Å²) in [5, 5.41) is 11.6. The van der Waals surface area contributed by atoms with Crippen molar-refractivity contribution in [3.8, 4) is 5.75 Å².